The maximum Gasteiger partial charge on any atom is 0.497 e. The summed E-state index contributed by atoms with van der Waals surface area (Å²) < 4.78 is 23.1. The Hall–Kier alpha value is 0.640. The SMILES string of the molecule is CCCCCCCCCCCCCOP(O)(=S)OOP(=O)(O)O. The fourth-order valence-corrected chi connectivity index (χ4v) is 3.61. The molecule has 0 saturated carbocycles. The second-order valence-corrected chi connectivity index (χ2v) is 9.34. The van der Waals surface area contributed by atoms with Gasteiger partial charge in [-0.05, 0) is 18.2 Å². The minimum absolute atomic E-state index is 0.176. The van der Waals surface area contributed by atoms with Crippen molar-refractivity contribution in [2.75, 3.05) is 6.61 Å². The Labute approximate surface area is 144 Å². The zero-order chi connectivity index (χ0) is 17.6. The average Bonchev–Trinajstić information content (AvgIpc) is 2.46. The number of hydrogen-bond acceptors (Lipinski definition) is 5. The average molecular weight is 392 g/mol. The Morgan fingerprint density at radius 2 is 1.22 bits per heavy atom. The molecule has 0 aromatic rings. The molecule has 0 aliphatic rings. The van der Waals surface area contributed by atoms with E-state index in [9.17, 15) is 9.46 Å². The molecule has 10 heteroatoms. The van der Waals surface area contributed by atoms with Crippen molar-refractivity contribution >= 4 is 26.3 Å². The van der Waals surface area contributed by atoms with Crippen LogP contribution in [0.2, 0.25) is 0 Å². The van der Waals surface area contributed by atoms with Crippen LogP contribution in [0.15, 0.2) is 0 Å². The van der Waals surface area contributed by atoms with E-state index in [2.05, 4.69) is 28.1 Å². The largest absolute Gasteiger partial charge is 0.497 e. The highest BCUT2D eigenvalue weighted by Gasteiger charge is 2.24. The van der Waals surface area contributed by atoms with Crippen LogP contribution in [-0.4, -0.2) is 21.3 Å². The number of rotatable bonds is 16. The smallest absolute Gasteiger partial charge is 0.323 e. The molecule has 0 aliphatic heterocycles. The summed E-state index contributed by atoms with van der Waals surface area (Å²) in [4.78, 5) is 26.3. The predicted molar refractivity (Wildman–Crippen MR) is 93.1 cm³/mol. The first-order valence-corrected chi connectivity index (χ1v) is 12.3. The lowest BCUT2D eigenvalue weighted by Crippen LogP contribution is -1.97. The zero-order valence-corrected chi connectivity index (χ0v) is 16.4. The molecule has 3 N–H and O–H groups in total. The van der Waals surface area contributed by atoms with Crippen LogP contribution in [0.25, 0.3) is 0 Å². The minimum atomic E-state index is -4.83. The molecule has 1 unspecified atom stereocenters. The van der Waals surface area contributed by atoms with Gasteiger partial charge in [-0.2, -0.15) is 0 Å². The van der Waals surface area contributed by atoms with Gasteiger partial charge < -0.3 is 19.2 Å². The van der Waals surface area contributed by atoms with E-state index in [-0.39, 0.29) is 6.61 Å². The molecule has 0 fully saturated rings. The Bertz CT molecular complexity index is 375. The molecule has 0 aliphatic carbocycles. The lowest BCUT2D eigenvalue weighted by molar-refractivity contribution is -0.135. The maximum atomic E-state index is 10.4. The van der Waals surface area contributed by atoms with Crippen molar-refractivity contribution in [2.45, 2.75) is 77.6 Å². The predicted octanol–water partition coefficient (Wildman–Crippen LogP) is 4.57. The van der Waals surface area contributed by atoms with Gasteiger partial charge >= 0.3 is 14.5 Å². The fraction of sp³-hybridized carbons (Fsp3) is 1.00. The van der Waals surface area contributed by atoms with Crippen LogP contribution < -0.4 is 0 Å². The van der Waals surface area contributed by atoms with Crippen molar-refractivity contribution < 1.29 is 33.1 Å². The molecule has 7 nitrogen and oxygen atoms in total. The maximum absolute atomic E-state index is 10.4. The molecule has 0 aromatic carbocycles. The van der Waals surface area contributed by atoms with Gasteiger partial charge in [0.1, 0.15) is 0 Å². The summed E-state index contributed by atoms with van der Waals surface area (Å²) >= 11 is 4.54. The molecule has 0 radical (unpaired) electrons. The summed E-state index contributed by atoms with van der Waals surface area (Å²) in [6.07, 6.45) is 13.0. The Balaban J connectivity index is 3.38. The summed E-state index contributed by atoms with van der Waals surface area (Å²) in [5.74, 6) is 0. The van der Waals surface area contributed by atoms with Gasteiger partial charge in [-0.25, -0.2) is 4.57 Å². The van der Waals surface area contributed by atoms with Crippen LogP contribution in [0.3, 0.4) is 0 Å². The van der Waals surface area contributed by atoms with E-state index in [0.29, 0.717) is 6.42 Å². The van der Waals surface area contributed by atoms with Gasteiger partial charge in [0, 0.05) is 0 Å². The van der Waals surface area contributed by atoms with Gasteiger partial charge in [-0.1, -0.05) is 71.1 Å². The first-order chi connectivity index (χ1) is 10.8. The van der Waals surface area contributed by atoms with Crippen LogP contribution >= 0.6 is 14.5 Å². The molecule has 0 spiro atoms. The van der Waals surface area contributed by atoms with E-state index < -0.39 is 14.5 Å². The Kier molecular flexibility index (Phi) is 14.3. The van der Waals surface area contributed by atoms with Gasteiger partial charge in [0.25, 0.3) is 0 Å². The zero-order valence-electron chi connectivity index (χ0n) is 13.8. The molecule has 0 heterocycles. The minimum Gasteiger partial charge on any atom is -0.323 e. The lowest BCUT2D eigenvalue weighted by atomic mass is 10.1. The number of unbranched alkanes of at least 4 members (excludes halogenated alkanes) is 10. The topological polar surface area (TPSA) is 105 Å². The van der Waals surface area contributed by atoms with Gasteiger partial charge in [0.2, 0.25) is 0 Å². The molecule has 140 valence electrons. The van der Waals surface area contributed by atoms with Crippen molar-refractivity contribution in [3.63, 3.8) is 0 Å². The van der Waals surface area contributed by atoms with E-state index >= 15 is 0 Å². The van der Waals surface area contributed by atoms with Crippen LogP contribution in [0.1, 0.15) is 77.6 Å². The van der Waals surface area contributed by atoms with Gasteiger partial charge in [-0.3, -0.25) is 0 Å². The first-order valence-electron chi connectivity index (χ1n) is 8.18. The van der Waals surface area contributed by atoms with Crippen molar-refractivity contribution in [3.05, 3.63) is 0 Å². The molecule has 1 atom stereocenters. The van der Waals surface area contributed by atoms with E-state index in [1.807, 2.05) is 0 Å². The monoisotopic (exact) mass is 392 g/mol. The van der Waals surface area contributed by atoms with Gasteiger partial charge in [-0.15, -0.1) is 9.35 Å². The normalized spacial score (nSPS) is 14.8. The third-order valence-electron chi connectivity index (χ3n) is 3.23. The van der Waals surface area contributed by atoms with Crippen LogP contribution in [0, 0.1) is 0 Å². The number of phosphoric acid groups is 1. The van der Waals surface area contributed by atoms with E-state index in [0.717, 1.165) is 12.8 Å². The standard InChI is InChI=1S/C13H30O7P2S/c1-2-3-4-5-6-7-8-9-10-11-12-13-18-22(17,23)20-19-21(14,15)16/h2-13H2,1H3,(H,17,23)(H2,14,15,16). The summed E-state index contributed by atoms with van der Waals surface area (Å²) in [5, 5.41) is 0. The highest BCUT2D eigenvalue weighted by molar-refractivity contribution is 8.07. The van der Waals surface area contributed by atoms with E-state index in [4.69, 9.17) is 14.3 Å². The number of hydrogen-bond donors (Lipinski definition) is 3. The van der Waals surface area contributed by atoms with Crippen molar-refractivity contribution in [3.8, 4) is 0 Å². The summed E-state index contributed by atoms with van der Waals surface area (Å²) in [6, 6.07) is 0. The molecule has 0 rings (SSSR count). The van der Waals surface area contributed by atoms with Crippen LogP contribution in [0.4, 0.5) is 0 Å². The van der Waals surface area contributed by atoms with Gasteiger partial charge in [0.15, 0.2) is 0 Å². The van der Waals surface area contributed by atoms with Crippen LogP contribution in [-0.2, 0) is 30.2 Å². The summed E-state index contributed by atoms with van der Waals surface area (Å²) in [6.45, 7) is -1.36. The van der Waals surface area contributed by atoms with Crippen molar-refractivity contribution in [1.29, 1.82) is 0 Å². The lowest BCUT2D eigenvalue weighted by Gasteiger charge is -2.14. The quantitative estimate of drug-likeness (QED) is 0.152. The molecule has 23 heavy (non-hydrogen) atoms. The highest BCUT2D eigenvalue weighted by atomic mass is 32.5. The Morgan fingerprint density at radius 3 is 1.65 bits per heavy atom. The molecule has 0 amide bonds. The summed E-state index contributed by atoms with van der Waals surface area (Å²) in [7, 11) is -4.83. The third-order valence-corrected chi connectivity index (χ3v) is 4.88. The first kappa shape index (κ1) is 23.6. The molecular weight excluding hydrogens is 362 g/mol. The molecule has 0 bridgehead atoms. The van der Waals surface area contributed by atoms with Crippen LogP contribution in [0.5, 0.6) is 0 Å². The van der Waals surface area contributed by atoms with E-state index in [1.165, 1.54) is 51.4 Å². The second-order valence-electron chi connectivity index (χ2n) is 5.48. The van der Waals surface area contributed by atoms with E-state index in [1.54, 1.807) is 0 Å². The summed E-state index contributed by atoms with van der Waals surface area (Å²) in [5.41, 5.74) is 0. The van der Waals surface area contributed by atoms with Crippen molar-refractivity contribution in [2.24, 2.45) is 0 Å². The second kappa shape index (κ2) is 13.9. The fourth-order valence-electron chi connectivity index (χ4n) is 2.05. The molecule has 0 saturated heterocycles. The molecular formula is C13H30O7P2S. The Morgan fingerprint density at radius 1 is 0.783 bits per heavy atom. The highest BCUT2D eigenvalue weighted by Crippen LogP contribution is 2.50. The molecule has 0 aromatic heterocycles. The van der Waals surface area contributed by atoms with Gasteiger partial charge in [0.05, 0.1) is 6.61 Å². The van der Waals surface area contributed by atoms with Crippen molar-refractivity contribution in [1.82, 2.24) is 0 Å². The third kappa shape index (κ3) is 18.8.